The summed E-state index contributed by atoms with van der Waals surface area (Å²) in [6.07, 6.45) is 2.52. The minimum Gasteiger partial charge on any atom is -0.491 e. The zero-order valence-electron chi connectivity index (χ0n) is 12.1. The molecule has 0 spiro atoms. The third-order valence-corrected chi connectivity index (χ3v) is 3.21. The molecule has 21 heavy (non-hydrogen) atoms. The number of hydrogen-bond donors (Lipinski definition) is 1. The number of nitrogens with zero attached hydrogens (tertiary/aromatic N) is 2. The van der Waals surface area contributed by atoms with Crippen molar-refractivity contribution < 1.29 is 9.15 Å². The second-order valence-corrected chi connectivity index (χ2v) is 4.68. The fourth-order valence-electron chi connectivity index (χ4n) is 2.21. The lowest BCUT2D eigenvalue weighted by molar-refractivity contribution is 0.413. The fraction of sp³-hybridized carbons (Fsp3) is 0.250. The summed E-state index contributed by atoms with van der Waals surface area (Å²) in [7, 11) is 1.61. The standard InChI is InChI=1S/C16H17N3O2/c1-3-8-17-16-15(20-2)14(18-10-19-16)13-9-11-6-4-5-7-12(11)21-13/h4-7,9-10H,3,8H2,1-2H3,(H,17,18,19). The van der Waals surface area contributed by atoms with Gasteiger partial charge in [0.25, 0.3) is 0 Å². The third kappa shape index (κ3) is 2.54. The van der Waals surface area contributed by atoms with Gasteiger partial charge in [0, 0.05) is 11.9 Å². The molecule has 108 valence electrons. The van der Waals surface area contributed by atoms with Crippen LogP contribution in [0.1, 0.15) is 13.3 Å². The molecule has 2 heterocycles. The van der Waals surface area contributed by atoms with Crippen molar-refractivity contribution in [3.8, 4) is 17.2 Å². The molecule has 0 radical (unpaired) electrons. The van der Waals surface area contributed by atoms with E-state index in [0.717, 1.165) is 23.9 Å². The van der Waals surface area contributed by atoms with Crippen LogP contribution in [-0.4, -0.2) is 23.6 Å². The number of para-hydroxylation sites is 1. The topological polar surface area (TPSA) is 60.2 Å². The molecular formula is C16H17N3O2. The van der Waals surface area contributed by atoms with E-state index in [0.29, 0.717) is 23.0 Å². The molecular weight excluding hydrogens is 266 g/mol. The summed E-state index contributed by atoms with van der Waals surface area (Å²) < 4.78 is 11.3. The molecule has 0 unspecified atom stereocenters. The number of furan rings is 1. The Morgan fingerprint density at radius 3 is 2.86 bits per heavy atom. The maximum atomic E-state index is 5.86. The minimum absolute atomic E-state index is 0.602. The Labute approximate surface area is 123 Å². The molecule has 3 aromatic rings. The Morgan fingerprint density at radius 2 is 2.10 bits per heavy atom. The quantitative estimate of drug-likeness (QED) is 0.773. The van der Waals surface area contributed by atoms with Crippen molar-refractivity contribution in [1.82, 2.24) is 9.97 Å². The highest BCUT2D eigenvalue weighted by Crippen LogP contribution is 2.35. The van der Waals surface area contributed by atoms with Crippen LogP contribution in [0.25, 0.3) is 22.4 Å². The van der Waals surface area contributed by atoms with Crippen molar-refractivity contribution in [2.75, 3.05) is 19.0 Å². The molecule has 2 aromatic heterocycles. The smallest absolute Gasteiger partial charge is 0.190 e. The summed E-state index contributed by atoms with van der Waals surface area (Å²) in [4.78, 5) is 8.55. The second-order valence-electron chi connectivity index (χ2n) is 4.68. The highest BCUT2D eigenvalue weighted by molar-refractivity contribution is 5.84. The summed E-state index contributed by atoms with van der Waals surface area (Å²) in [5.74, 6) is 1.96. The van der Waals surface area contributed by atoms with Gasteiger partial charge < -0.3 is 14.5 Å². The molecule has 0 saturated carbocycles. The van der Waals surface area contributed by atoms with Gasteiger partial charge in [0.05, 0.1) is 7.11 Å². The fourth-order valence-corrected chi connectivity index (χ4v) is 2.21. The lowest BCUT2D eigenvalue weighted by atomic mass is 10.2. The number of ether oxygens (including phenoxy) is 1. The van der Waals surface area contributed by atoms with Crippen molar-refractivity contribution in [3.63, 3.8) is 0 Å². The lowest BCUT2D eigenvalue weighted by Crippen LogP contribution is -2.05. The van der Waals surface area contributed by atoms with Gasteiger partial charge in [-0.2, -0.15) is 0 Å². The van der Waals surface area contributed by atoms with E-state index >= 15 is 0 Å². The average Bonchev–Trinajstić information content (AvgIpc) is 2.96. The van der Waals surface area contributed by atoms with Gasteiger partial charge in [-0.25, -0.2) is 9.97 Å². The van der Waals surface area contributed by atoms with Crippen LogP contribution in [0.4, 0.5) is 5.82 Å². The van der Waals surface area contributed by atoms with E-state index in [2.05, 4.69) is 22.2 Å². The monoisotopic (exact) mass is 283 g/mol. The predicted octanol–water partition coefficient (Wildman–Crippen LogP) is 3.72. The normalized spacial score (nSPS) is 10.8. The molecule has 0 bridgehead atoms. The molecule has 0 atom stereocenters. The zero-order chi connectivity index (χ0) is 14.7. The van der Waals surface area contributed by atoms with E-state index < -0.39 is 0 Å². The maximum Gasteiger partial charge on any atom is 0.190 e. The molecule has 0 aliphatic rings. The highest BCUT2D eigenvalue weighted by Gasteiger charge is 2.17. The van der Waals surface area contributed by atoms with Crippen LogP contribution in [0.2, 0.25) is 0 Å². The van der Waals surface area contributed by atoms with Gasteiger partial charge in [0.15, 0.2) is 23.0 Å². The molecule has 1 N–H and O–H groups in total. The Hall–Kier alpha value is -2.56. The first kappa shape index (κ1) is 13.4. The number of nitrogens with one attached hydrogen (secondary N) is 1. The van der Waals surface area contributed by atoms with Crippen LogP contribution in [0, 0.1) is 0 Å². The highest BCUT2D eigenvalue weighted by atomic mass is 16.5. The summed E-state index contributed by atoms with van der Waals surface area (Å²) in [5.41, 5.74) is 1.48. The molecule has 5 heteroatoms. The number of rotatable bonds is 5. The van der Waals surface area contributed by atoms with E-state index in [-0.39, 0.29) is 0 Å². The van der Waals surface area contributed by atoms with Gasteiger partial charge >= 0.3 is 0 Å². The predicted molar refractivity (Wildman–Crippen MR) is 82.6 cm³/mol. The van der Waals surface area contributed by atoms with Crippen molar-refractivity contribution >= 4 is 16.8 Å². The third-order valence-electron chi connectivity index (χ3n) is 3.21. The van der Waals surface area contributed by atoms with Crippen LogP contribution in [0.5, 0.6) is 5.75 Å². The van der Waals surface area contributed by atoms with Crippen LogP contribution in [0.3, 0.4) is 0 Å². The number of fused-ring (bicyclic) bond motifs is 1. The Balaban J connectivity index is 2.08. The van der Waals surface area contributed by atoms with E-state index in [1.807, 2.05) is 30.3 Å². The molecule has 5 nitrogen and oxygen atoms in total. The van der Waals surface area contributed by atoms with Crippen LogP contribution in [0.15, 0.2) is 41.1 Å². The molecule has 0 fully saturated rings. The maximum absolute atomic E-state index is 5.86. The van der Waals surface area contributed by atoms with Crippen molar-refractivity contribution in [1.29, 1.82) is 0 Å². The summed E-state index contributed by atoms with van der Waals surface area (Å²) in [6, 6.07) is 9.83. The zero-order valence-corrected chi connectivity index (χ0v) is 12.1. The summed E-state index contributed by atoms with van der Waals surface area (Å²) >= 11 is 0. The largest absolute Gasteiger partial charge is 0.491 e. The average molecular weight is 283 g/mol. The number of benzene rings is 1. The van der Waals surface area contributed by atoms with Crippen molar-refractivity contribution in [3.05, 3.63) is 36.7 Å². The summed E-state index contributed by atoms with van der Waals surface area (Å²) in [5, 5.41) is 4.28. The number of anilines is 1. The number of aromatic nitrogens is 2. The molecule has 1 aromatic carbocycles. The van der Waals surface area contributed by atoms with Crippen molar-refractivity contribution in [2.45, 2.75) is 13.3 Å². The van der Waals surface area contributed by atoms with Crippen molar-refractivity contribution in [2.24, 2.45) is 0 Å². The van der Waals surface area contributed by atoms with E-state index in [9.17, 15) is 0 Å². The van der Waals surface area contributed by atoms with Gasteiger partial charge in [0.2, 0.25) is 0 Å². The first-order valence-electron chi connectivity index (χ1n) is 6.95. The van der Waals surface area contributed by atoms with Gasteiger partial charge in [-0.05, 0) is 18.6 Å². The van der Waals surface area contributed by atoms with E-state index in [1.54, 1.807) is 7.11 Å². The number of hydrogen-bond acceptors (Lipinski definition) is 5. The molecule has 0 aliphatic heterocycles. The molecule has 0 saturated heterocycles. The van der Waals surface area contributed by atoms with Gasteiger partial charge in [-0.3, -0.25) is 0 Å². The molecule has 3 rings (SSSR count). The first-order valence-corrected chi connectivity index (χ1v) is 6.95. The number of methoxy groups -OCH3 is 1. The van der Waals surface area contributed by atoms with Crippen LogP contribution >= 0.6 is 0 Å². The van der Waals surface area contributed by atoms with Gasteiger partial charge in [-0.15, -0.1) is 0 Å². The van der Waals surface area contributed by atoms with E-state index in [4.69, 9.17) is 9.15 Å². The minimum atomic E-state index is 0.602. The molecule has 0 amide bonds. The van der Waals surface area contributed by atoms with Crippen LogP contribution in [-0.2, 0) is 0 Å². The summed E-state index contributed by atoms with van der Waals surface area (Å²) in [6.45, 7) is 2.92. The molecule has 0 aliphatic carbocycles. The SMILES string of the molecule is CCCNc1ncnc(-c2cc3ccccc3o2)c1OC. The first-order chi connectivity index (χ1) is 10.3. The van der Waals surface area contributed by atoms with E-state index in [1.165, 1.54) is 6.33 Å². The Morgan fingerprint density at radius 1 is 1.24 bits per heavy atom. The Kier molecular flexibility index (Phi) is 3.73. The lowest BCUT2D eigenvalue weighted by Gasteiger charge is -2.11. The van der Waals surface area contributed by atoms with Crippen LogP contribution < -0.4 is 10.1 Å². The Bertz CT molecular complexity index is 719. The van der Waals surface area contributed by atoms with Gasteiger partial charge in [-0.1, -0.05) is 25.1 Å². The second kappa shape index (κ2) is 5.83. The van der Waals surface area contributed by atoms with Gasteiger partial charge in [0.1, 0.15) is 11.9 Å².